The van der Waals surface area contributed by atoms with Crippen LogP contribution >= 0.6 is 0 Å². The quantitative estimate of drug-likeness (QED) is 0.499. The summed E-state index contributed by atoms with van der Waals surface area (Å²) < 4.78 is 0. The maximum atomic E-state index is 5.58. The molecule has 0 aliphatic carbocycles. The number of nitrogens with one attached hydrogen (secondary N) is 1. The average molecular weight is 169 g/mol. The minimum Gasteiger partial charge on any atom is -0.370 e. The van der Waals surface area contributed by atoms with E-state index < -0.39 is 0 Å². The summed E-state index contributed by atoms with van der Waals surface area (Å²) in [6.45, 7) is 2.66. The van der Waals surface area contributed by atoms with Crippen molar-refractivity contribution >= 4 is 11.9 Å². The molecule has 3 N–H and O–H groups in total. The van der Waals surface area contributed by atoms with Gasteiger partial charge in [0.25, 0.3) is 0 Å². The second-order valence-electron chi connectivity index (χ2n) is 3.05. The summed E-state index contributed by atoms with van der Waals surface area (Å²) in [4.78, 5) is 10.3. The Morgan fingerprint density at radius 3 is 2.83 bits per heavy atom. The van der Waals surface area contributed by atoms with Crippen molar-refractivity contribution in [1.29, 1.82) is 0 Å². The molecule has 5 heteroatoms. The summed E-state index contributed by atoms with van der Waals surface area (Å²) in [6, 6.07) is 0.162. The fourth-order valence-electron chi connectivity index (χ4n) is 0.936. The molecule has 0 aromatic heterocycles. The molecule has 1 aliphatic heterocycles. The van der Waals surface area contributed by atoms with E-state index >= 15 is 0 Å². The highest BCUT2D eigenvalue weighted by Crippen LogP contribution is 1.95. The molecule has 1 atom stereocenters. The van der Waals surface area contributed by atoms with Crippen molar-refractivity contribution in [3.63, 3.8) is 0 Å². The van der Waals surface area contributed by atoms with Crippen LogP contribution in [0.15, 0.2) is 9.98 Å². The van der Waals surface area contributed by atoms with Gasteiger partial charge in [0.1, 0.15) is 0 Å². The number of nitrogens with zero attached hydrogens (tertiary/aromatic N) is 3. The average Bonchev–Trinajstić information content (AvgIpc) is 2.11. The summed E-state index contributed by atoms with van der Waals surface area (Å²) in [7, 11) is 3.82. The molecular formula is C7H15N5. The number of rotatable bonds is 0. The van der Waals surface area contributed by atoms with Gasteiger partial charge in [-0.1, -0.05) is 0 Å². The molecule has 0 aromatic rings. The van der Waals surface area contributed by atoms with Crippen LogP contribution < -0.4 is 11.1 Å². The third-order valence-corrected chi connectivity index (χ3v) is 1.53. The normalized spacial score (nSPS) is 23.4. The zero-order valence-corrected chi connectivity index (χ0v) is 7.70. The van der Waals surface area contributed by atoms with Gasteiger partial charge in [0.15, 0.2) is 11.9 Å². The van der Waals surface area contributed by atoms with E-state index in [1.165, 1.54) is 0 Å². The van der Waals surface area contributed by atoms with Crippen molar-refractivity contribution in [2.75, 3.05) is 20.6 Å². The fraction of sp³-hybridized carbons (Fsp3) is 0.714. The summed E-state index contributed by atoms with van der Waals surface area (Å²) >= 11 is 0. The Morgan fingerprint density at radius 1 is 1.58 bits per heavy atom. The van der Waals surface area contributed by atoms with E-state index in [-0.39, 0.29) is 6.04 Å². The van der Waals surface area contributed by atoms with Gasteiger partial charge in [-0.25, -0.2) is 4.99 Å². The summed E-state index contributed by atoms with van der Waals surface area (Å²) in [5, 5.41) is 2.91. The van der Waals surface area contributed by atoms with Crippen molar-refractivity contribution in [3.05, 3.63) is 0 Å². The molecule has 0 spiro atoms. The molecule has 1 aliphatic rings. The standard InChI is InChI=1S/C7H15N5/c1-5-4-9-7(12(2)3)11-6(8)10-5/h5H,4H2,1-3H3,(H3,8,9,10,11). The lowest BCUT2D eigenvalue weighted by atomic mass is 10.4. The molecule has 1 rings (SSSR count). The van der Waals surface area contributed by atoms with Crippen molar-refractivity contribution < 1.29 is 0 Å². The molecule has 68 valence electrons. The van der Waals surface area contributed by atoms with E-state index in [0.717, 1.165) is 5.96 Å². The molecule has 12 heavy (non-hydrogen) atoms. The molecule has 1 unspecified atom stereocenters. The van der Waals surface area contributed by atoms with Crippen LogP contribution in [0.3, 0.4) is 0 Å². The number of aliphatic imine (C=N–C) groups is 2. The first kappa shape index (κ1) is 8.83. The minimum atomic E-state index is 0.162. The van der Waals surface area contributed by atoms with Crippen LogP contribution in [0, 0.1) is 0 Å². The van der Waals surface area contributed by atoms with Crippen LogP contribution in [-0.4, -0.2) is 43.5 Å². The van der Waals surface area contributed by atoms with E-state index in [1.54, 1.807) is 0 Å². The molecular weight excluding hydrogens is 154 g/mol. The molecule has 0 radical (unpaired) electrons. The molecule has 0 bridgehead atoms. The van der Waals surface area contributed by atoms with Gasteiger partial charge in [-0.15, -0.1) is 0 Å². The van der Waals surface area contributed by atoms with Crippen molar-refractivity contribution in [3.8, 4) is 0 Å². The van der Waals surface area contributed by atoms with Gasteiger partial charge in [0.05, 0.1) is 12.6 Å². The van der Waals surface area contributed by atoms with E-state index in [0.29, 0.717) is 12.5 Å². The molecule has 5 nitrogen and oxygen atoms in total. The van der Waals surface area contributed by atoms with Gasteiger partial charge in [-0.05, 0) is 6.92 Å². The number of nitrogens with two attached hydrogens (primary N) is 1. The topological polar surface area (TPSA) is 66.0 Å². The molecule has 0 aromatic carbocycles. The number of hydrogen-bond donors (Lipinski definition) is 2. The Hall–Kier alpha value is -1.26. The van der Waals surface area contributed by atoms with Gasteiger partial charge in [0.2, 0.25) is 0 Å². The maximum absolute atomic E-state index is 5.58. The van der Waals surface area contributed by atoms with E-state index in [4.69, 9.17) is 5.73 Å². The number of guanidine groups is 2. The highest BCUT2D eigenvalue weighted by atomic mass is 15.3. The van der Waals surface area contributed by atoms with Crippen LogP contribution in [0.4, 0.5) is 0 Å². The van der Waals surface area contributed by atoms with Gasteiger partial charge in [-0.2, -0.15) is 0 Å². The molecule has 0 fully saturated rings. The van der Waals surface area contributed by atoms with Crippen LogP contribution in [0.5, 0.6) is 0 Å². The Balaban J connectivity index is 2.74. The van der Waals surface area contributed by atoms with Crippen LogP contribution in [-0.2, 0) is 0 Å². The molecule has 1 heterocycles. The lowest BCUT2D eigenvalue weighted by Crippen LogP contribution is -2.43. The van der Waals surface area contributed by atoms with Crippen LogP contribution in [0.2, 0.25) is 0 Å². The van der Waals surface area contributed by atoms with Gasteiger partial charge >= 0.3 is 0 Å². The van der Waals surface area contributed by atoms with Crippen LogP contribution in [0.1, 0.15) is 6.92 Å². The molecule has 0 saturated carbocycles. The van der Waals surface area contributed by atoms with Gasteiger partial charge in [0, 0.05) is 14.1 Å². The van der Waals surface area contributed by atoms with Gasteiger partial charge in [-0.3, -0.25) is 10.3 Å². The number of hydrogen-bond acceptors (Lipinski definition) is 5. The zero-order chi connectivity index (χ0) is 9.14. The highest BCUT2D eigenvalue weighted by Gasteiger charge is 2.09. The molecule has 0 saturated heterocycles. The Labute approximate surface area is 72.4 Å². The van der Waals surface area contributed by atoms with Gasteiger partial charge < -0.3 is 10.6 Å². The smallest absolute Gasteiger partial charge is 0.200 e. The second-order valence-corrected chi connectivity index (χ2v) is 3.05. The SMILES string of the molecule is CC1CN=C(N(C)C)NC(N)=N1. The lowest BCUT2D eigenvalue weighted by molar-refractivity contribution is 0.599. The largest absolute Gasteiger partial charge is 0.370 e. The van der Waals surface area contributed by atoms with E-state index in [1.807, 2.05) is 25.9 Å². The monoisotopic (exact) mass is 169 g/mol. The summed E-state index contributed by atoms with van der Waals surface area (Å²) in [5.74, 6) is 1.20. The second kappa shape index (κ2) is 3.42. The third-order valence-electron chi connectivity index (χ3n) is 1.53. The first-order valence-electron chi connectivity index (χ1n) is 3.91. The van der Waals surface area contributed by atoms with Crippen molar-refractivity contribution in [1.82, 2.24) is 10.2 Å². The maximum Gasteiger partial charge on any atom is 0.200 e. The fourth-order valence-corrected chi connectivity index (χ4v) is 0.936. The third kappa shape index (κ3) is 2.11. The zero-order valence-electron chi connectivity index (χ0n) is 7.70. The first-order valence-corrected chi connectivity index (χ1v) is 3.91. The Morgan fingerprint density at radius 2 is 2.25 bits per heavy atom. The first-order chi connectivity index (χ1) is 5.59. The predicted octanol–water partition coefficient (Wildman–Crippen LogP) is -0.790. The molecule has 0 amide bonds. The summed E-state index contributed by atoms with van der Waals surface area (Å²) in [6.07, 6.45) is 0. The Kier molecular flexibility index (Phi) is 2.52. The van der Waals surface area contributed by atoms with Crippen molar-refractivity contribution in [2.24, 2.45) is 15.7 Å². The minimum absolute atomic E-state index is 0.162. The summed E-state index contributed by atoms with van der Waals surface area (Å²) in [5.41, 5.74) is 5.58. The Bertz CT molecular complexity index is 218. The lowest BCUT2D eigenvalue weighted by Gasteiger charge is -2.14. The highest BCUT2D eigenvalue weighted by molar-refractivity contribution is 5.98. The van der Waals surface area contributed by atoms with Crippen LogP contribution in [0.25, 0.3) is 0 Å². The van der Waals surface area contributed by atoms with E-state index in [2.05, 4.69) is 15.3 Å². The predicted molar refractivity (Wildman–Crippen MR) is 50.2 cm³/mol. The van der Waals surface area contributed by atoms with E-state index in [9.17, 15) is 0 Å². The van der Waals surface area contributed by atoms with Crippen molar-refractivity contribution in [2.45, 2.75) is 13.0 Å².